The van der Waals surface area contributed by atoms with E-state index in [-0.39, 0.29) is 12.1 Å². The van der Waals surface area contributed by atoms with Gasteiger partial charge in [0, 0.05) is 18.6 Å². The Morgan fingerprint density at radius 2 is 2.24 bits per heavy atom. The first-order valence-electron chi connectivity index (χ1n) is 7.28. The molecule has 0 spiro atoms. The lowest BCUT2D eigenvalue weighted by Gasteiger charge is -2.42. The number of aliphatic hydroxyl groups excluding tert-OH is 1. The van der Waals surface area contributed by atoms with Gasteiger partial charge in [-0.2, -0.15) is 0 Å². The van der Waals surface area contributed by atoms with Crippen molar-refractivity contribution < 1.29 is 14.6 Å². The fraction of sp³-hybridized carbons (Fsp3) is 0.625. The Hall–Kier alpha value is -0.810. The van der Waals surface area contributed by atoms with E-state index in [9.17, 15) is 5.11 Å². The van der Waals surface area contributed by atoms with Gasteiger partial charge in [0.1, 0.15) is 18.5 Å². The summed E-state index contributed by atoms with van der Waals surface area (Å²) < 4.78 is 11.1. The molecule has 1 atom stereocenters. The van der Waals surface area contributed by atoms with Crippen molar-refractivity contribution in [2.24, 2.45) is 0 Å². The number of ether oxygens (including phenoxy) is 2. The molecule has 21 heavy (non-hydrogen) atoms. The van der Waals surface area contributed by atoms with Gasteiger partial charge in [0.2, 0.25) is 0 Å². The summed E-state index contributed by atoms with van der Waals surface area (Å²) >= 11 is 6.12. The summed E-state index contributed by atoms with van der Waals surface area (Å²) in [5.74, 6) is 0.613. The van der Waals surface area contributed by atoms with Crippen LogP contribution < -0.4 is 4.74 Å². The average molecular weight is 314 g/mol. The van der Waals surface area contributed by atoms with Crippen LogP contribution >= 0.6 is 11.6 Å². The normalized spacial score (nSPS) is 20.2. The number of aliphatic hydroxyl groups is 1. The van der Waals surface area contributed by atoms with Crippen LogP contribution in [0.1, 0.15) is 19.4 Å². The van der Waals surface area contributed by atoms with E-state index < -0.39 is 6.10 Å². The van der Waals surface area contributed by atoms with Crippen molar-refractivity contribution in [3.05, 3.63) is 28.8 Å². The molecule has 0 bridgehead atoms. The van der Waals surface area contributed by atoms with Crippen LogP contribution in [-0.2, 0) is 4.74 Å². The van der Waals surface area contributed by atoms with Gasteiger partial charge in [-0.1, -0.05) is 17.7 Å². The zero-order valence-electron chi connectivity index (χ0n) is 12.9. The van der Waals surface area contributed by atoms with E-state index in [4.69, 9.17) is 21.1 Å². The number of β-amino-alcohol motifs (C(OH)–C–C–N with tert-alkyl or cyclic N) is 1. The average Bonchev–Trinajstić information content (AvgIpc) is 2.40. The van der Waals surface area contributed by atoms with Crippen LogP contribution in [-0.4, -0.2) is 54.6 Å². The molecular weight excluding hydrogens is 290 g/mol. The van der Waals surface area contributed by atoms with E-state index in [1.165, 1.54) is 0 Å². The Morgan fingerprint density at radius 3 is 2.90 bits per heavy atom. The second-order valence-electron chi connectivity index (χ2n) is 6.21. The fourth-order valence-electron chi connectivity index (χ4n) is 2.45. The van der Waals surface area contributed by atoms with Gasteiger partial charge in [-0.05, 0) is 38.5 Å². The van der Waals surface area contributed by atoms with Crippen LogP contribution in [0.3, 0.4) is 0 Å². The zero-order valence-corrected chi connectivity index (χ0v) is 13.7. The van der Waals surface area contributed by atoms with Crippen LogP contribution in [0, 0.1) is 6.92 Å². The smallest absolute Gasteiger partial charge is 0.138 e. The monoisotopic (exact) mass is 313 g/mol. The standard InChI is InChI=1S/C16H24ClNO3/c1-12-4-5-15(14(17)8-12)21-10-13(19)9-18-6-7-20-11-16(18,2)3/h4-5,8,13,19H,6-7,9-11H2,1-3H3. The van der Waals surface area contributed by atoms with Crippen LogP contribution in [0.4, 0.5) is 0 Å². The predicted octanol–water partition coefficient (Wildman–Crippen LogP) is 2.50. The SMILES string of the molecule is Cc1ccc(OCC(O)CN2CCOCC2(C)C)c(Cl)c1. The van der Waals surface area contributed by atoms with Crippen molar-refractivity contribution in [1.82, 2.24) is 4.90 Å². The second-order valence-corrected chi connectivity index (χ2v) is 6.62. The third-order valence-corrected chi connectivity index (χ3v) is 4.06. The quantitative estimate of drug-likeness (QED) is 0.907. The Labute approximate surface area is 131 Å². The van der Waals surface area contributed by atoms with Crippen LogP contribution in [0.5, 0.6) is 5.75 Å². The minimum absolute atomic E-state index is 0.0548. The van der Waals surface area contributed by atoms with Crippen molar-refractivity contribution in [3.63, 3.8) is 0 Å². The number of rotatable bonds is 5. The lowest BCUT2D eigenvalue weighted by molar-refractivity contribution is -0.0703. The molecule has 0 saturated carbocycles. The summed E-state index contributed by atoms with van der Waals surface area (Å²) in [6, 6.07) is 5.64. The van der Waals surface area contributed by atoms with Gasteiger partial charge in [-0.25, -0.2) is 0 Å². The Kier molecular flexibility index (Phi) is 5.49. The molecule has 2 rings (SSSR count). The first kappa shape index (κ1) is 16.6. The van der Waals surface area contributed by atoms with Crippen LogP contribution in [0.15, 0.2) is 18.2 Å². The first-order valence-corrected chi connectivity index (χ1v) is 7.66. The summed E-state index contributed by atoms with van der Waals surface area (Å²) in [5, 5.41) is 10.8. The van der Waals surface area contributed by atoms with Crippen molar-refractivity contribution in [3.8, 4) is 5.75 Å². The highest BCUT2D eigenvalue weighted by Gasteiger charge is 2.31. The topological polar surface area (TPSA) is 41.9 Å². The number of nitrogens with zero attached hydrogens (tertiary/aromatic N) is 1. The molecule has 1 heterocycles. The van der Waals surface area contributed by atoms with Crippen molar-refractivity contribution in [1.29, 1.82) is 0 Å². The Bertz CT molecular complexity index is 479. The fourth-order valence-corrected chi connectivity index (χ4v) is 2.73. The maximum absolute atomic E-state index is 10.2. The minimum atomic E-state index is -0.556. The van der Waals surface area contributed by atoms with Gasteiger partial charge in [0.05, 0.1) is 18.2 Å². The molecule has 1 unspecified atom stereocenters. The van der Waals surface area contributed by atoms with Gasteiger partial charge < -0.3 is 14.6 Å². The molecule has 1 aliphatic heterocycles. The van der Waals surface area contributed by atoms with E-state index >= 15 is 0 Å². The summed E-state index contributed by atoms with van der Waals surface area (Å²) in [4.78, 5) is 2.24. The van der Waals surface area contributed by atoms with E-state index in [1.807, 2.05) is 25.1 Å². The molecule has 0 aromatic heterocycles. The lowest BCUT2D eigenvalue weighted by atomic mass is 10.0. The molecule has 1 saturated heterocycles. The summed E-state index contributed by atoms with van der Waals surface area (Å²) in [7, 11) is 0. The molecule has 1 fully saturated rings. The Balaban J connectivity index is 1.85. The number of aryl methyl sites for hydroxylation is 1. The van der Waals surface area contributed by atoms with E-state index in [1.54, 1.807) is 0 Å². The van der Waals surface area contributed by atoms with Crippen molar-refractivity contribution in [2.75, 3.05) is 32.9 Å². The predicted molar refractivity (Wildman–Crippen MR) is 84.2 cm³/mol. The van der Waals surface area contributed by atoms with E-state index in [0.717, 1.165) is 12.1 Å². The number of morpholine rings is 1. The number of hydrogen-bond donors (Lipinski definition) is 1. The molecule has 1 aromatic rings. The van der Waals surface area contributed by atoms with Gasteiger partial charge in [0.25, 0.3) is 0 Å². The highest BCUT2D eigenvalue weighted by molar-refractivity contribution is 6.32. The molecule has 5 heteroatoms. The molecule has 0 amide bonds. The van der Waals surface area contributed by atoms with Crippen molar-refractivity contribution in [2.45, 2.75) is 32.4 Å². The highest BCUT2D eigenvalue weighted by atomic mass is 35.5. The van der Waals surface area contributed by atoms with Gasteiger partial charge in [-0.3, -0.25) is 4.90 Å². The largest absolute Gasteiger partial charge is 0.489 e. The summed E-state index contributed by atoms with van der Waals surface area (Å²) in [5.41, 5.74) is 1.03. The minimum Gasteiger partial charge on any atom is -0.489 e. The molecule has 1 aliphatic rings. The maximum Gasteiger partial charge on any atom is 0.138 e. The number of hydrogen-bond acceptors (Lipinski definition) is 4. The molecule has 4 nitrogen and oxygen atoms in total. The first-order chi connectivity index (χ1) is 9.88. The highest BCUT2D eigenvalue weighted by Crippen LogP contribution is 2.25. The third kappa shape index (κ3) is 4.58. The maximum atomic E-state index is 10.2. The third-order valence-electron chi connectivity index (χ3n) is 3.77. The van der Waals surface area contributed by atoms with Crippen LogP contribution in [0.25, 0.3) is 0 Å². The van der Waals surface area contributed by atoms with Gasteiger partial charge in [-0.15, -0.1) is 0 Å². The molecule has 118 valence electrons. The van der Waals surface area contributed by atoms with Gasteiger partial charge in [0.15, 0.2) is 0 Å². The molecule has 0 aliphatic carbocycles. The van der Waals surface area contributed by atoms with Crippen LogP contribution in [0.2, 0.25) is 5.02 Å². The molecule has 0 radical (unpaired) electrons. The molecular formula is C16H24ClNO3. The zero-order chi connectivity index (χ0) is 15.5. The van der Waals surface area contributed by atoms with Crippen molar-refractivity contribution >= 4 is 11.6 Å². The van der Waals surface area contributed by atoms with E-state index in [0.29, 0.717) is 30.5 Å². The number of benzene rings is 1. The van der Waals surface area contributed by atoms with Gasteiger partial charge >= 0.3 is 0 Å². The second kappa shape index (κ2) is 6.97. The summed E-state index contributed by atoms with van der Waals surface area (Å²) in [6.45, 7) is 9.24. The molecule has 1 N–H and O–H groups in total. The number of halogens is 1. The molecule has 1 aromatic carbocycles. The summed E-state index contributed by atoms with van der Waals surface area (Å²) in [6.07, 6.45) is -0.556. The Morgan fingerprint density at radius 1 is 1.48 bits per heavy atom. The lowest BCUT2D eigenvalue weighted by Crippen LogP contribution is -2.55. The van der Waals surface area contributed by atoms with E-state index in [2.05, 4.69) is 18.7 Å².